The van der Waals surface area contributed by atoms with Crippen molar-refractivity contribution in [2.45, 2.75) is 0 Å². The van der Waals surface area contributed by atoms with Gasteiger partial charge in [0.2, 0.25) is 0 Å². The SMILES string of the molecule is COc1ccc(N=C(N)c2nonc2N)cc1. The molecule has 17 heavy (non-hydrogen) atoms. The Morgan fingerprint density at radius 2 is 2.00 bits per heavy atom. The molecule has 0 aliphatic carbocycles. The van der Waals surface area contributed by atoms with Gasteiger partial charge in [-0.05, 0) is 34.6 Å². The number of nitrogen functional groups attached to an aromatic ring is 1. The van der Waals surface area contributed by atoms with Gasteiger partial charge in [0.15, 0.2) is 17.3 Å². The molecule has 0 saturated carbocycles. The molecule has 0 saturated heterocycles. The Labute approximate surface area is 97.0 Å². The first-order valence-corrected chi connectivity index (χ1v) is 4.77. The largest absolute Gasteiger partial charge is 0.497 e. The van der Waals surface area contributed by atoms with Crippen LogP contribution in [0.15, 0.2) is 33.9 Å². The van der Waals surface area contributed by atoms with Crippen LogP contribution in [-0.4, -0.2) is 23.3 Å². The van der Waals surface area contributed by atoms with Gasteiger partial charge >= 0.3 is 0 Å². The molecule has 0 unspecified atom stereocenters. The van der Waals surface area contributed by atoms with Gasteiger partial charge in [0, 0.05) is 0 Å². The summed E-state index contributed by atoms with van der Waals surface area (Å²) in [5.74, 6) is 0.999. The highest BCUT2D eigenvalue weighted by Gasteiger charge is 2.10. The molecule has 2 aromatic rings. The van der Waals surface area contributed by atoms with Crippen LogP contribution in [-0.2, 0) is 0 Å². The Bertz CT molecular complexity index is 532. The second-order valence-corrected chi connectivity index (χ2v) is 3.19. The lowest BCUT2D eigenvalue weighted by Gasteiger charge is -2.00. The summed E-state index contributed by atoms with van der Waals surface area (Å²) in [6, 6.07) is 7.07. The van der Waals surface area contributed by atoms with Crippen molar-refractivity contribution in [3.63, 3.8) is 0 Å². The molecule has 4 N–H and O–H groups in total. The van der Waals surface area contributed by atoms with Crippen molar-refractivity contribution in [2.75, 3.05) is 12.8 Å². The van der Waals surface area contributed by atoms with Gasteiger partial charge in [0.1, 0.15) is 5.75 Å². The van der Waals surface area contributed by atoms with E-state index in [9.17, 15) is 0 Å². The summed E-state index contributed by atoms with van der Waals surface area (Å²) in [4.78, 5) is 4.13. The summed E-state index contributed by atoms with van der Waals surface area (Å²) in [6.07, 6.45) is 0. The second-order valence-electron chi connectivity index (χ2n) is 3.19. The number of amidine groups is 1. The Morgan fingerprint density at radius 1 is 1.29 bits per heavy atom. The van der Waals surface area contributed by atoms with Crippen LogP contribution in [0.25, 0.3) is 0 Å². The summed E-state index contributed by atoms with van der Waals surface area (Å²) < 4.78 is 9.46. The van der Waals surface area contributed by atoms with Crippen molar-refractivity contribution in [3.05, 3.63) is 30.0 Å². The van der Waals surface area contributed by atoms with E-state index >= 15 is 0 Å². The van der Waals surface area contributed by atoms with E-state index in [2.05, 4.69) is 19.9 Å². The fourth-order valence-electron chi connectivity index (χ4n) is 1.22. The van der Waals surface area contributed by atoms with Gasteiger partial charge in [-0.15, -0.1) is 0 Å². The van der Waals surface area contributed by atoms with Crippen LogP contribution < -0.4 is 16.2 Å². The van der Waals surface area contributed by atoms with E-state index < -0.39 is 0 Å². The minimum Gasteiger partial charge on any atom is -0.497 e. The zero-order valence-corrected chi connectivity index (χ0v) is 9.12. The molecular weight excluding hydrogens is 222 g/mol. The molecule has 1 aromatic carbocycles. The summed E-state index contributed by atoms with van der Waals surface area (Å²) in [5.41, 5.74) is 12.1. The highest BCUT2D eigenvalue weighted by molar-refractivity contribution is 6.00. The van der Waals surface area contributed by atoms with E-state index in [0.717, 1.165) is 5.75 Å². The highest BCUT2D eigenvalue weighted by atomic mass is 16.6. The fourth-order valence-corrected chi connectivity index (χ4v) is 1.22. The average molecular weight is 233 g/mol. The molecule has 2 rings (SSSR count). The molecule has 0 aliphatic heterocycles. The van der Waals surface area contributed by atoms with Gasteiger partial charge in [-0.3, -0.25) is 0 Å². The van der Waals surface area contributed by atoms with Gasteiger partial charge in [-0.1, -0.05) is 0 Å². The van der Waals surface area contributed by atoms with Crippen LogP contribution in [0.2, 0.25) is 0 Å². The molecule has 0 spiro atoms. The van der Waals surface area contributed by atoms with Crippen LogP contribution in [0.3, 0.4) is 0 Å². The lowest BCUT2D eigenvalue weighted by Crippen LogP contribution is -2.15. The number of rotatable bonds is 3. The maximum atomic E-state index is 5.72. The first-order chi connectivity index (χ1) is 8.20. The molecule has 0 fully saturated rings. The standard InChI is InChI=1S/C10H11N5O2/c1-16-7-4-2-6(3-5-7)13-9(11)8-10(12)15-17-14-8/h2-5H,1H3,(H2,11,13)(H2,12,15). The topological polar surface area (TPSA) is 113 Å². The number of nitrogens with two attached hydrogens (primary N) is 2. The van der Waals surface area contributed by atoms with E-state index in [4.69, 9.17) is 16.2 Å². The lowest BCUT2D eigenvalue weighted by atomic mass is 10.3. The van der Waals surface area contributed by atoms with Crippen LogP contribution >= 0.6 is 0 Å². The molecule has 1 heterocycles. The van der Waals surface area contributed by atoms with E-state index in [1.165, 1.54) is 0 Å². The van der Waals surface area contributed by atoms with Crippen molar-refractivity contribution in [3.8, 4) is 5.75 Å². The van der Waals surface area contributed by atoms with E-state index in [1.807, 2.05) is 0 Å². The monoisotopic (exact) mass is 233 g/mol. The zero-order valence-electron chi connectivity index (χ0n) is 9.12. The molecule has 0 radical (unpaired) electrons. The predicted molar refractivity (Wildman–Crippen MR) is 62.1 cm³/mol. The Kier molecular flexibility index (Phi) is 2.91. The Hall–Kier alpha value is -2.57. The molecule has 7 nitrogen and oxygen atoms in total. The number of ether oxygens (including phenoxy) is 1. The van der Waals surface area contributed by atoms with Gasteiger partial charge in [0.25, 0.3) is 0 Å². The molecule has 0 aliphatic rings. The van der Waals surface area contributed by atoms with Crippen molar-refractivity contribution < 1.29 is 9.37 Å². The summed E-state index contributed by atoms with van der Waals surface area (Å²) in [5, 5.41) is 6.97. The van der Waals surface area contributed by atoms with E-state index in [-0.39, 0.29) is 17.3 Å². The van der Waals surface area contributed by atoms with Crippen molar-refractivity contribution in [1.82, 2.24) is 10.3 Å². The maximum absolute atomic E-state index is 5.72. The number of aromatic nitrogens is 2. The Balaban J connectivity index is 2.26. The number of hydrogen-bond donors (Lipinski definition) is 2. The Morgan fingerprint density at radius 3 is 2.53 bits per heavy atom. The third-order valence-corrected chi connectivity index (χ3v) is 2.08. The van der Waals surface area contributed by atoms with Gasteiger partial charge in [-0.25, -0.2) is 9.62 Å². The third-order valence-electron chi connectivity index (χ3n) is 2.08. The molecule has 0 atom stereocenters. The number of anilines is 1. The molecule has 7 heteroatoms. The lowest BCUT2D eigenvalue weighted by molar-refractivity contribution is 0.308. The summed E-state index contributed by atoms with van der Waals surface area (Å²) >= 11 is 0. The molecule has 1 aromatic heterocycles. The predicted octanol–water partition coefficient (Wildman–Crippen LogP) is 0.697. The summed E-state index contributed by atoms with van der Waals surface area (Å²) in [6.45, 7) is 0. The van der Waals surface area contributed by atoms with Gasteiger partial charge in [0.05, 0.1) is 12.8 Å². The van der Waals surface area contributed by atoms with Crippen molar-refractivity contribution >= 4 is 17.3 Å². The quantitative estimate of drug-likeness (QED) is 0.596. The van der Waals surface area contributed by atoms with Crippen LogP contribution in [0.1, 0.15) is 5.69 Å². The normalized spacial score (nSPS) is 11.5. The first kappa shape index (κ1) is 10.9. The number of benzene rings is 1. The molecular formula is C10H11N5O2. The van der Waals surface area contributed by atoms with Crippen molar-refractivity contribution in [2.24, 2.45) is 10.7 Å². The highest BCUT2D eigenvalue weighted by Crippen LogP contribution is 2.18. The minimum absolute atomic E-state index is 0.111. The van der Waals surface area contributed by atoms with Gasteiger partial charge in [-0.2, -0.15) is 0 Å². The smallest absolute Gasteiger partial charge is 0.199 e. The van der Waals surface area contributed by atoms with Crippen molar-refractivity contribution in [1.29, 1.82) is 0 Å². The van der Waals surface area contributed by atoms with Crippen LogP contribution in [0.4, 0.5) is 11.5 Å². The number of aliphatic imine (C=N–C) groups is 1. The van der Waals surface area contributed by atoms with Gasteiger partial charge < -0.3 is 16.2 Å². The zero-order chi connectivity index (χ0) is 12.3. The van der Waals surface area contributed by atoms with Crippen LogP contribution in [0.5, 0.6) is 5.75 Å². The van der Waals surface area contributed by atoms with E-state index in [0.29, 0.717) is 5.69 Å². The molecule has 0 amide bonds. The second kappa shape index (κ2) is 4.52. The number of hydrogen-bond acceptors (Lipinski definition) is 6. The third kappa shape index (κ3) is 2.33. The minimum atomic E-state index is 0.111. The molecule has 0 bridgehead atoms. The molecule has 88 valence electrons. The average Bonchev–Trinajstić information content (AvgIpc) is 2.76. The first-order valence-electron chi connectivity index (χ1n) is 4.77. The number of methoxy groups -OCH3 is 1. The summed E-state index contributed by atoms with van der Waals surface area (Å²) in [7, 11) is 1.59. The number of nitrogens with zero attached hydrogens (tertiary/aromatic N) is 3. The van der Waals surface area contributed by atoms with E-state index in [1.54, 1.807) is 31.4 Å². The van der Waals surface area contributed by atoms with Crippen LogP contribution in [0, 0.1) is 0 Å². The fraction of sp³-hybridized carbons (Fsp3) is 0.100. The maximum Gasteiger partial charge on any atom is 0.199 e.